The second-order valence-electron chi connectivity index (χ2n) is 5.25. The van der Waals surface area contributed by atoms with E-state index in [1.807, 2.05) is 25.1 Å². The molecule has 0 aliphatic carbocycles. The van der Waals surface area contributed by atoms with Crippen LogP contribution >= 0.6 is 0 Å². The molecule has 1 amide bonds. The molecule has 1 rings (SSSR count). The van der Waals surface area contributed by atoms with Gasteiger partial charge in [0.25, 0.3) is 16.1 Å². The van der Waals surface area contributed by atoms with Crippen molar-refractivity contribution in [1.82, 2.24) is 14.8 Å². The van der Waals surface area contributed by atoms with Gasteiger partial charge in [0.2, 0.25) is 0 Å². The van der Waals surface area contributed by atoms with Crippen molar-refractivity contribution >= 4 is 16.1 Å². The molecule has 0 heterocycles. The normalized spacial score (nSPS) is 11.9. The van der Waals surface area contributed by atoms with E-state index in [-0.39, 0.29) is 19.0 Å². The van der Waals surface area contributed by atoms with Crippen LogP contribution in [0.4, 0.5) is 0 Å². The summed E-state index contributed by atoms with van der Waals surface area (Å²) in [6, 6.07) is 9.13. The topological polar surface area (TPSA) is 87.3 Å². The maximum atomic E-state index is 11.7. The molecule has 1 atom stereocenters. The first kappa shape index (κ1) is 19.9. The highest BCUT2D eigenvalue weighted by atomic mass is 32.2. The van der Waals surface area contributed by atoms with Crippen LogP contribution in [0.15, 0.2) is 43.0 Å². The van der Waals surface area contributed by atoms with Crippen molar-refractivity contribution in [3.63, 3.8) is 0 Å². The fourth-order valence-electron chi connectivity index (χ4n) is 1.73. The number of carbonyl (C=O) groups excluding carboxylic acids is 1. The third-order valence-corrected chi connectivity index (χ3v) is 4.12. The van der Waals surface area contributed by atoms with Crippen LogP contribution in [-0.2, 0) is 15.0 Å². The average molecular weight is 349 g/mol. The Hall–Kier alpha value is -2.14. The van der Waals surface area contributed by atoms with Crippen molar-refractivity contribution in [2.45, 2.75) is 13.3 Å². The Labute approximate surface area is 143 Å². The number of carbonyl (C=O) groups is 1. The Bertz CT molecular complexity index is 691. The molecule has 0 bridgehead atoms. The van der Waals surface area contributed by atoms with Gasteiger partial charge in [-0.3, -0.25) is 4.79 Å². The van der Waals surface area contributed by atoms with E-state index in [0.717, 1.165) is 12.0 Å². The van der Waals surface area contributed by atoms with Crippen molar-refractivity contribution in [2.24, 2.45) is 5.92 Å². The zero-order chi connectivity index (χ0) is 17.8. The smallest absolute Gasteiger partial charge is 0.296 e. The zero-order valence-corrected chi connectivity index (χ0v) is 14.5. The summed E-state index contributed by atoms with van der Waals surface area (Å²) in [5, 5.41) is 2.53. The molecule has 0 saturated carbocycles. The molecule has 0 radical (unpaired) electrons. The van der Waals surface area contributed by atoms with Crippen LogP contribution in [0, 0.1) is 17.8 Å². The third-order valence-electron chi connectivity index (χ3n) is 2.99. The average Bonchev–Trinajstić information content (AvgIpc) is 2.56. The molecule has 3 N–H and O–H groups in total. The minimum absolute atomic E-state index is 0.0872. The van der Waals surface area contributed by atoms with Crippen molar-refractivity contribution < 1.29 is 13.2 Å². The highest BCUT2D eigenvalue weighted by Crippen LogP contribution is 2.00. The Balaban J connectivity index is 2.26. The molecule has 0 spiro atoms. The van der Waals surface area contributed by atoms with Crippen LogP contribution in [0.1, 0.15) is 18.9 Å². The third kappa shape index (κ3) is 9.10. The van der Waals surface area contributed by atoms with Gasteiger partial charge in [-0.2, -0.15) is 8.42 Å². The van der Waals surface area contributed by atoms with Crippen molar-refractivity contribution in [2.75, 3.05) is 19.6 Å². The van der Waals surface area contributed by atoms with Gasteiger partial charge in [0.15, 0.2) is 0 Å². The molecular weight excluding hydrogens is 326 g/mol. The van der Waals surface area contributed by atoms with E-state index in [2.05, 4.69) is 33.2 Å². The Kier molecular flexibility index (Phi) is 8.79. The lowest BCUT2D eigenvalue weighted by molar-refractivity contribution is -0.115. The number of hydrogen-bond donors (Lipinski definition) is 3. The van der Waals surface area contributed by atoms with Gasteiger partial charge in [-0.05, 0) is 24.5 Å². The lowest BCUT2D eigenvalue weighted by Gasteiger charge is -2.11. The Morgan fingerprint density at radius 3 is 2.62 bits per heavy atom. The fourth-order valence-corrected chi connectivity index (χ4v) is 2.70. The molecule has 7 heteroatoms. The monoisotopic (exact) mass is 349 g/mol. The molecular formula is C17H23N3O3S. The van der Waals surface area contributed by atoms with Crippen molar-refractivity contribution in [3.05, 3.63) is 48.6 Å². The summed E-state index contributed by atoms with van der Waals surface area (Å²) in [6.45, 7) is 6.11. The van der Waals surface area contributed by atoms with Crippen LogP contribution in [0.5, 0.6) is 0 Å². The minimum Gasteiger partial charge on any atom is -0.344 e. The summed E-state index contributed by atoms with van der Waals surface area (Å²) >= 11 is 0. The van der Waals surface area contributed by atoms with Gasteiger partial charge in [0.05, 0.1) is 0 Å². The van der Waals surface area contributed by atoms with E-state index >= 15 is 0 Å². The van der Waals surface area contributed by atoms with Gasteiger partial charge >= 0.3 is 0 Å². The van der Waals surface area contributed by atoms with Crippen LogP contribution in [-0.4, -0.2) is 34.0 Å². The number of hydrogen-bond acceptors (Lipinski definition) is 3. The largest absolute Gasteiger partial charge is 0.344 e. The van der Waals surface area contributed by atoms with E-state index < -0.39 is 16.1 Å². The van der Waals surface area contributed by atoms with Gasteiger partial charge in [0, 0.05) is 31.1 Å². The molecule has 0 fully saturated rings. The van der Waals surface area contributed by atoms with Crippen LogP contribution in [0.2, 0.25) is 0 Å². The van der Waals surface area contributed by atoms with E-state index in [0.29, 0.717) is 6.54 Å². The summed E-state index contributed by atoms with van der Waals surface area (Å²) < 4.78 is 28.2. The number of nitrogens with one attached hydrogen (secondary N) is 3. The molecule has 0 aliphatic heterocycles. The summed E-state index contributed by atoms with van der Waals surface area (Å²) in [7, 11) is -3.57. The fraction of sp³-hybridized carbons (Fsp3) is 0.353. The highest BCUT2D eigenvalue weighted by molar-refractivity contribution is 7.87. The summed E-state index contributed by atoms with van der Waals surface area (Å²) in [4.78, 5) is 11.5. The van der Waals surface area contributed by atoms with Gasteiger partial charge in [0.1, 0.15) is 0 Å². The standard InChI is InChI=1S/C17H23N3O3S/c1-3-7-15(2)14-20-24(22,23)19-13-12-18-17(21)11-10-16-8-5-4-6-9-16/h3-6,8-9,15,19-20H,1,7,12-14H2,2H3,(H,18,21). The summed E-state index contributed by atoms with van der Waals surface area (Å²) in [6.07, 6.45) is 2.48. The second kappa shape index (κ2) is 10.6. The van der Waals surface area contributed by atoms with E-state index in [1.165, 1.54) is 0 Å². The quantitative estimate of drug-likeness (QED) is 0.350. The number of rotatable bonds is 9. The summed E-state index contributed by atoms with van der Waals surface area (Å²) in [5.41, 5.74) is 0.742. The van der Waals surface area contributed by atoms with Crippen LogP contribution < -0.4 is 14.8 Å². The van der Waals surface area contributed by atoms with Gasteiger partial charge in [-0.1, -0.05) is 37.1 Å². The molecule has 0 saturated heterocycles. The molecule has 1 aromatic rings. The number of allylic oxidation sites excluding steroid dienone is 1. The van der Waals surface area contributed by atoms with Gasteiger partial charge in [-0.25, -0.2) is 9.44 Å². The van der Waals surface area contributed by atoms with Crippen LogP contribution in [0.25, 0.3) is 0 Å². The highest BCUT2D eigenvalue weighted by Gasteiger charge is 2.10. The van der Waals surface area contributed by atoms with E-state index in [4.69, 9.17) is 0 Å². The molecule has 0 aromatic heterocycles. The number of benzene rings is 1. The molecule has 0 aliphatic rings. The maximum absolute atomic E-state index is 11.7. The predicted octanol–water partition coefficient (Wildman–Crippen LogP) is 0.791. The first-order valence-electron chi connectivity index (χ1n) is 7.63. The molecule has 1 unspecified atom stereocenters. The van der Waals surface area contributed by atoms with Gasteiger partial charge < -0.3 is 5.32 Å². The van der Waals surface area contributed by atoms with Crippen molar-refractivity contribution in [1.29, 1.82) is 0 Å². The molecule has 24 heavy (non-hydrogen) atoms. The molecule has 6 nitrogen and oxygen atoms in total. The predicted molar refractivity (Wildman–Crippen MR) is 95.2 cm³/mol. The lowest BCUT2D eigenvalue weighted by atomic mass is 10.1. The molecule has 1 aromatic carbocycles. The minimum atomic E-state index is -3.57. The number of amides is 1. The second-order valence-corrected chi connectivity index (χ2v) is 6.83. The first-order chi connectivity index (χ1) is 11.4. The molecule has 130 valence electrons. The van der Waals surface area contributed by atoms with Crippen LogP contribution in [0.3, 0.4) is 0 Å². The Morgan fingerprint density at radius 1 is 1.25 bits per heavy atom. The lowest BCUT2D eigenvalue weighted by Crippen LogP contribution is -2.42. The van der Waals surface area contributed by atoms with Gasteiger partial charge in [-0.15, -0.1) is 6.58 Å². The van der Waals surface area contributed by atoms with E-state index in [1.54, 1.807) is 18.2 Å². The maximum Gasteiger partial charge on any atom is 0.296 e. The van der Waals surface area contributed by atoms with E-state index in [9.17, 15) is 13.2 Å². The summed E-state index contributed by atoms with van der Waals surface area (Å²) in [5.74, 6) is 4.89. The Morgan fingerprint density at radius 2 is 1.96 bits per heavy atom. The van der Waals surface area contributed by atoms with Crippen molar-refractivity contribution in [3.8, 4) is 11.8 Å². The zero-order valence-electron chi connectivity index (χ0n) is 13.7. The SMILES string of the molecule is C=CCC(C)CNS(=O)(=O)NCCNC(=O)C#Cc1ccccc1. The first-order valence-corrected chi connectivity index (χ1v) is 9.11.